The molecule has 0 N–H and O–H groups in total. The summed E-state index contributed by atoms with van der Waals surface area (Å²) in [5.41, 5.74) is 1.18. The Morgan fingerprint density at radius 1 is 0.840 bits per heavy atom. The van der Waals surface area contributed by atoms with Gasteiger partial charge in [-0.05, 0) is 60.4 Å². The molecule has 0 spiro atoms. The Morgan fingerprint density at radius 3 is 1.60 bits per heavy atom. The minimum Gasteiger partial charge on any atom is -0.465 e. The van der Waals surface area contributed by atoms with Crippen molar-refractivity contribution in [1.29, 1.82) is 0 Å². The minimum atomic E-state index is -1.62. The maximum absolute atomic E-state index is 13.1. The van der Waals surface area contributed by atoms with Gasteiger partial charge in [-0.3, -0.25) is 9.59 Å². The fraction of sp³-hybridized carbons (Fsp3) is 0.263. The van der Waals surface area contributed by atoms with Crippen LogP contribution in [-0.4, -0.2) is 25.2 Å². The topological polar surface area (TPSA) is 52.6 Å². The SMILES string of the molecule is CCOC(=O)C1(C(=O)OCC)c2cc(Br)ccc2-c2ccc(Br)cc21. The number of carbonyl (C=O) groups excluding carboxylic acids is 2. The van der Waals surface area contributed by atoms with Crippen LogP contribution in [0.15, 0.2) is 45.3 Å². The molecule has 0 fully saturated rings. The Morgan fingerprint density at radius 2 is 1.24 bits per heavy atom. The molecule has 0 amide bonds. The van der Waals surface area contributed by atoms with Crippen molar-refractivity contribution in [2.45, 2.75) is 19.3 Å². The molecular formula is C19H16Br2O4. The predicted octanol–water partition coefficient (Wildman–Crippen LogP) is 4.60. The van der Waals surface area contributed by atoms with Crippen LogP contribution in [0.2, 0.25) is 0 Å². The van der Waals surface area contributed by atoms with Gasteiger partial charge >= 0.3 is 11.9 Å². The maximum Gasteiger partial charge on any atom is 0.332 e. The van der Waals surface area contributed by atoms with Gasteiger partial charge in [0.2, 0.25) is 5.41 Å². The molecule has 0 unspecified atom stereocenters. The number of ether oxygens (including phenoxy) is 2. The first-order chi connectivity index (χ1) is 12.0. The minimum absolute atomic E-state index is 0.173. The zero-order chi connectivity index (χ0) is 18.2. The third-order valence-corrected chi connectivity index (χ3v) is 5.21. The Balaban J connectivity index is 2.40. The third-order valence-electron chi connectivity index (χ3n) is 4.22. The van der Waals surface area contributed by atoms with Gasteiger partial charge < -0.3 is 9.47 Å². The first kappa shape index (κ1) is 18.1. The molecule has 2 aromatic rings. The van der Waals surface area contributed by atoms with Gasteiger partial charge in [0.25, 0.3) is 0 Å². The van der Waals surface area contributed by atoms with Gasteiger partial charge in [-0.15, -0.1) is 0 Å². The lowest BCUT2D eigenvalue weighted by Gasteiger charge is -2.27. The van der Waals surface area contributed by atoms with Gasteiger partial charge in [0, 0.05) is 8.95 Å². The zero-order valence-electron chi connectivity index (χ0n) is 13.8. The molecule has 25 heavy (non-hydrogen) atoms. The van der Waals surface area contributed by atoms with E-state index in [4.69, 9.17) is 9.47 Å². The van der Waals surface area contributed by atoms with Gasteiger partial charge in [-0.2, -0.15) is 0 Å². The summed E-state index contributed by atoms with van der Waals surface area (Å²) in [6.07, 6.45) is 0. The van der Waals surface area contributed by atoms with Crippen LogP contribution in [0.4, 0.5) is 0 Å². The van der Waals surface area contributed by atoms with Gasteiger partial charge in [0.15, 0.2) is 0 Å². The number of benzene rings is 2. The van der Waals surface area contributed by atoms with Gasteiger partial charge in [0.05, 0.1) is 13.2 Å². The van der Waals surface area contributed by atoms with E-state index in [-0.39, 0.29) is 13.2 Å². The molecule has 4 nitrogen and oxygen atoms in total. The Labute approximate surface area is 162 Å². The fourth-order valence-corrected chi connectivity index (χ4v) is 3.99. The molecule has 130 valence electrons. The second kappa shape index (κ2) is 6.92. The molecular weight excluding hydrogens is 452 g/mol. The molecule has 0 aromatic heterocycles. The van der Waals surface area contributed by atoms with E-state index >= 15 is 0 Å². The summed E-state index contributed by atoms with van der Waals surface area (Å²) in [5.74, 6) is -1.24. The molecule has 2 aromatic carbocycles. The number of hydrogen-bond donors (Lipinski definition) is 0. The number of carbonyl (C=O) groups is 2. The summed E-state index contributed by atoms with van der Waals surface area (Å²) in [7, 11) is 0. The molecule has 0 saturated carbocycles. The van der Waals surface area contributed by atoms with Crippen molar-refractivity contribution in [1.82, 2.24) is 0 Å². The third kappa shape index (κ3) is 2.72. The van der Waals surface area contributed by atoms with Crippen molar-refractivity contribution in [2.75, 3.05) is 13.2 Å². The van der Waals surface area contributed by atoms with Crippen molar-refractivity contribution >= 4 is 43.8 Å². The zero-order valence-corrected chi connectivity index (χ0v) is 16.9. The monoisotopic (exact) mass is 466 g/mol. The summed E-state index contributed by atoms with van der Waals surface area (Å²) < 4.78 is 12.2. The Bertz CT molecular complexity index is 789. The highest BCUT2D eigenvalue weighted by Crippen LogP contribution is 2.51. The lowest BCUT2D eigenvalue weighted by Crippen LogP contribution is -2.45. The molecule has 3 rings (SSSR count). The van der Waals surface area contributed by atoms with E-state index in [2.05, 4.69) is 31.9 Å². The summed E-state index contributed by atoms with van der Waals surface area (Å²) in [4.78, 5) is 26.2. The highest BCUT2D eigenvalue weighted by atomic mass is 79.9. The normalized spacial score (nSPS) is 13.8. The number of fused-ring (bicyclic) bond motifs is 3. The molecule has 0 aliphatic heterocycles. The van der Waals surface area contributed by atoms with E-state index in [0.29, 0.717) is 11.1 Å². The molecule has 6 heteroatoms. The van der Waals surface area contributed by atoms with Crippen LogP contribution in [0.25, 0.3) is 11.1 Å². The number of rotatable bonds is 4. The molecule has 0 atom stereocenters. The van der Waals surface area contributed by atoms with Crippen LogP contribution >= 0.6 is 31.9 Å². The van der Waals surface area contributed by atoms with Crippen molar-refractivity contribution < 1.29 is 19.1 Å². The summed E-state index contributed by atoms with van der Waals surface area (Å²) in [6.45, 7) is 3.78. The van der Waals surface area contributed by atoms with Crippen molar-refractivity contribution in [3.05, 3.63) is 56.5 Å². The Hall–Kier alpha value is -1.66. The molecule has 0 bridgehead atoms. The van der Waals surface area contributed by atoms with Crippen LogP contribution in [0, 0.1) is 0 Å². The Kier molecular flexibility index (Phi) is 5.02. The van der Waals surface area contributed by atoms with E-state index in [1.807, 2.05) is 24.3 Å². The predicted molar refractivity (Wildman–Crippen MR) is 101 cm³/mol. The second-order valence-corrected chi connectivity index (χ2v) is 7.40. The maximum atomic E-state index is 13.1. The summed E-state index contributed by atoms with van der Waals surface area (Å²) in [5, 5.41) is 0. The van der Waals surface area contributed by atoms with E-state index in [9.17, 15) is 9.59 Å². The average Bonchev–Trinajstić information content (AvgIpc) is 2.84. The van der Waals surface area contributed by atoms with E-state index in [1.165, 1.54) is 0 Å². The van der Waals surface area contributed by atoms with Crippen LogP contribution < -0.4 is 0 Å². The van der Waals surface area contributed by atoms with Crippen molar-refractivity contribution in [3.8, 4) is 11.1 Å². The molecule has 1 aliphatic rings. The largest absolute Gasteiger partial charge is 0.465 e. The van der Waals surface area contributed by atoms with Crippen LogP contribution in [0.3, 0.4) is 0 Å². The quantitative estimate of drug-likeness (QED) is 0.486. The van der Waals surface area contributed by atoms with Gasteiger partial charge in [0.1, 0.15) is 0 Å². The fourth-order valence-electron chi connectivity index (χ4n) is 3.27. The lowest BCUT2D eigenvalue weighted by molar-refractivity contribution is -0.162. The number of halogens is 2. The highest BCUT2D eigenvalue weighted by molar-refractivity contribution is 9.10. The smallest absolute Gasteiger partial charge is 0.332 e. The second-order valence-electron chi connectivity index (χ2n) is 5.57. The lowest BCUT2D eigenvalue weighted by atomic mass is 9.78. The van der Waals surface area contributed by atoms with Crippen LogP contribution in [0.1, 0.15) is 25.0 Å². The standard InChI is InChI=1S/C19H16Br2O4/c1-3-24-17(22)19(18(23)25-4-2)15-9-11(20)5-7-13(15)14-8-6-12(21)10-16(14)19/h5-10H,3-4H2,1-2H3. The van der Waals surface area contributed by atoms with Crippen LogP contribution in [0.5, 0.6) is 0 Å². The van der Waals surface area contributed by atoms with Crippen molar-refractivity contribution in [2.24, 2.45) is 0 Å². The van der Waals surface area contributed by atoms with E-state index in [1.54, 1.807) is 26.0 Å². The first-order valence-corrected chi connectivity index (χ1v) is 9.50. The van der Waals surface area contributed by atoms with Gasteiger partial charge in [-0.1, -0.05) is 44.0 Å². The summed E-state index contributed by atoms with van der Waals surface area (Å²) >= 11 is 6.88. The van der Waals surface area contributed by atoms with Crippen LogP contribution in [-0.2, 0) is 24.5 Å². The molecule has 0 saturated heterocycles. The van der Waals surface area contributed by atoms with E-state index in [0.717, 1.165) is 20.1 Å². The first-order valence-electron chi connectivity index (χ1n) is 7.91. The number of esters is 2. The molecule has 1 aliphatic carbocycles. The highest BCUT2D eigenvalue weighted by Gasteiger charge is 2.58. The molecule has 0 heterocycles. The van der Waals surface area contributed by atoms with E-state index < -0.39 is 17.4 Å². The van der Waals surface area contributed by atoms with Crippen molar-refractivity contribution in [3.63, 3.8) is 0 Å². The summed E-state index contributed by atoms with van der Waals surface area (Å²) in [6, 6.07) is 11.1. The molecule has 0 radical (unpaired) electrons. The van der Waals surface area contributed by atoms with Gasteiger partial charge in [-0.25, -0.2) is 0 Å². The average molecular weight is 468 g/mol. The number of hydrogen-bond acceptors (Lipinski definition) is 4.